The molecule has 1 N–H and O–H groups in total. The first-order valence-corrected chi connectivity index (χ1v) is 6.93. The van der Waals surface area contributed by atoms with Crippen molar-refractivity contribution in [2.24, 2.45) is 11.3 Å². The molecule has 1 amide bonds. The molecular weight excluding hydrogens is 272 g/mol. The minimum Gasteiger partial charge on any atom is -0.481 e. The number of rotatable bonds is 4. The highest BCUT2D eigenvalue weighted by atomic mass is 16.5. The Hall–Kier alpha value is -2.11. The molecular formula is C15H20N2O4. The highest BCUT2D eigenvalue weighted by molar-refractivity contribution is 5.94. The van der Waals surface area contributed by atoms with E-state index in [1.165, 1.54) is 13.3 Å². The zero-order valence-electron chi connectivity index (χ0n) is 12.5. The molecule has 0 aromatic carbocycles. The number of aliphatic carboxylic acids is 1. The summed E-state index contributed by atoms with van der Waals surface area (Å²) in [6, 6.07) is 3.26. The summed E-state index contributed by atoms with van der Waals surface area (Å²) in [6.45, 7) is 4.47. The Morgan fingerprint density at radius 1 is 1.43 bits per heavy atom. The van der Waals surface area contributed by atoms with E-state index in [1.54, 1.807) is 17.0 Å². The number of nitrogens with zero attached hydrogens (tertiary/aromatic N) is 2. The molecule has 0 radical (unpaired) electrons. The van der Waals surface area contributed by atoms with E-state index in [1.807, 2.05) is 13.8 Å². The van der Waals surface area contributed by atoms with Crippen LogP contribution in [-0.2, 0) is 4.79 Å². The zero-order valence-corrected chi connectivity index (χ0v) is 12.5. The van der Waals surface area contributed by atoms with E-state index >= 15 is 0 Å². The van der Waals surface area contributed by atoms with Gasteiger partial charge in [-0.1, -0.05) is 13.8 Å². The lowest BCUT2D eigenvalue weighted by Gasteiger charge is -2.28. The average molecular weight is 292 g/mol. The number of likely N-dealkylation sites (tertiary alicyclic amines) is 1. The summed E-state index contributed by atoms with van der Waals surface area (Å²) in [5.74, 6) is -0.605. The van der Waals surface area contributed by atoms with E-state index in [0.717, 1.165) is 0 Å². The van der Waals surface area contributed by atoms with Gasteiger partial charge in [-0.25, -0.2) is 4.98 Å². The quantitative estimate of drug-likeness (QED) is 0.913. The van der Waals surface area contributed by atoms with Crippen LogP contribution in [0.5, 0.6) is 5.88 Å². The summed E-state index contributed by atoms with van der Waals surface area (Å²) in [5.41, 5.74) is -0.406. The molecule has 1 aromatic rings. The van der Waals surface area contributed by atoms with Gasteiger partial charge in [0.2, 0.25) is 5.88 Å². The van der Waals surface area contributed by atoms with Gasteiger partial charge in [0, 0.05) is 25.4 Å². The fraction of sp³-hybridized carbons (Fsp3) is 0.533. The Kier molecular flexibility index (Phi) is 4.16. The van der Waals surface area contributed by atoms with Crippen molar-refractivity contribution in [3.8, 4) is 5.88 Å². The Bertz CT molecular complexity index is 541. The molecule has 1 unspecified atom stereocenters. The summed E-state index contributed by atoms with van der Waals surface area (Å²) in [6.07, 6.45) is 1.94. The summed E-state index contributed by atoms with van der Waals surface area (Å²) in [5, 5.41) is 9.51. The molecule has 1 aliphatic rings. The first-order chi connectivity index (χ1) is 9.90. The van der Waals surface area contributed by atoms with Gasteiger partial charge in [0.1, 0.15) is 0 Å². The van der Waals surface area contributed by atoms with Crippen LogP contribution in [0.2, 0.25) is 0 Å². The van der Waals surface area contributed by atoms with Crippen LogP contribution in [0.15, 0.2) is 18.3 Å². The van der Waals surface area contributed by atoms with E-state index < -0.39 is 11.4 Å². The van der Waals surface area contributed by atoms with Crippen molar-refractivity contribution in [1.29, 1.82) is 0 Å². The van der Waals surface area contributed by atoms with Crippen molar-refractivity contribution >= 4 is 11.9 Å². The lowest BCUT2D eigenvalue weighted by atomic mass is 9.76. The van der Waals surface area contributed by atoms with Gasteiger partial charge in [0.25, 0.3) is 5.91 Å². The molecule has 0 spiro atoms. The molecule has 1 fully saturated rings. The van der Waals surface area contributed by atoms with Crippen molar-refractivity contribution in [1.82, 2.24) is 9.88 Å². The van der Waals surface area contributed by atoms with Crippen LogP contribution < -0.4 is 4.74 Å². The summed E-state index contributed by atoms with van der Waals surface area (Å²) in [7, 11) is 1.51. The van der Waals surface area contributed by atoms with Crippen LogP contribution in [-0.4, -0.2) is 47.1 Å². The molecule has 0 aliphatic carbocycles. The molecule has 6 heteroatoms. The number of amides is 1. The average Bonchev–Trinajstić information content (AvgIpc) is 2.93. The van der Waals surface area contributed by atoms with Crippen LogP contribution in [0.4, 0.5) is 0 Å². The molecule has 2 rings (SSSR count). The minimum absolute atomic E-state index is 0.0261. The van der Waals surface area contributed by atoms with Crippen molar-refractivity contribution in [3.05, 3.63) is 23.9 Å². The second-order valence-electron chi connectivity index (χ2n) is 5.68. The fourth-order valence-electron chi connectivity index (χ4n) is 2.71. The largest absolute Gasteiger partial charge is 0.481 e. The van der Waals surface area contributed by atoms with Crippen LogP contribution >= 0.6 is 0 Å². The number of carboxylic acids is 1. The lowest BCUT2D eigenvalue weighted by Crippen LogP contribution is -2.40. The molecule has 2 heterocycles. The number of hydrogen-bond donors (Lipinski definition) is 1. The first kappa shape index (κ1) is 15.3. The number of pyridine rings is 1. The van der Waals surface area contributed by atoms with Gasteiger partial charge in [-0.15, -0.1) is 0 Å². The van der Waals surface area contributed by atoms with Gasteiger partial charge in [-0.2, -0.15) is 0 Å². The number of hydrogen-bond acceptors (Lipinski definition) is 4. The van der Waals surface area contributed by atoms with Gasteiger partial charge in [0.15, 0.2) is 0 Å². The molecule has 1 aliphatic heterocycles. The first-order valence-electron chi connectivity index (χ1n) is 6.93. The SMILES string of the molecule is COc1ccc(C(=O)N2CCC(C(=O)O)(C(C)C)C2)cn1. The standard InChI is InChI=1S/C15H20N2O4/c1-10(2)15(14(19)20)6-7-17(9-15)13(18)11-4-5-12(21-3)16-8-11/h4-5,8,10H,6-7,9H2,1-3H3,(H,19,20). The predicted octanol–water partition coefficient (Wildman–Crippen LogP) is 1.66. The molecule has 0 bridgehead atoms. The number of methoxy groups -OCH3 is 1. The zero-order chi connectivity index (χ0) is 15.6. The van der Waals surface area contributed by atoms with E-state index in [0.29, 0.717) is 24.4 Å². The van der Waals surface area contributed by atoms with Gasteiger partial charge in [-0.05, 0) is 18.4 Å². The van der Waals surface area contributed by atoms with Gasteiger partial charge >= 0.3 is 5.97 Å². The Morgan fingerprint density at radius 3 is 2.57 bits per heavy atom. The smallest absolute Gasteiger partial charge is 0.311 e. The second-order valence-corrected chi connectivity index (χ2v) is 5.68. The van der Waals surface area contributed by atoms with Crippen molar-refractivity contribution in [2.75, 3.05) is 20.2 Å². The molecule has 0 saturated carbocycles. The summed E-state index contributed by atoms with van der Waals surface area (Å²) >= 11 is 0. The van der Waals surface area contributed by atoms with Gasteiger partial charge in [-0.3, -0.25) is 9.59 Å². The number of carbonyl (C=O) groups is 2. The maximum absolute atomic E-state index is 12.4. The molecule has 1 saturated heterocycles. The third kappa shape index (κ3) is 2.70. The van der Waals surface area contributed by atoms with Gasteiger partial charge in [0.05, 0.1) is 18.1 Å². The van der Waals surface area contributed by atoms with Crippen molar-refractivity contribution in [2.45, 2.75) is 20.3 Å². The molecule has 1 aromatic heterocycles. The Balaban J connectivity index is 2.16. The lowest BCUT2D eigenvalue weighted by molar-refractivity contribution is -0.150. The highest BCUT2D eigenvalue weighted by Crippen LogP contribution is 2.38. The third-order valence-electron chi connectivity index (χ3n) is 4.31. The van der Waals surface area contributed by atoms with E-state index in [2.05, 4.69) is 4.98 Å². The van der Waals surface area contributed by atoms with Crippen molar-refractivity contribution < 1.29 is 19.4 Å². The van der Waals surface area contributed by atoms with E-state index in [-0.39, 0.29) is 18.4 Å². The maximum Gasteiger partial charge on any atom is 0.311 e. The Labute approximate surface area is 123 Å². The maximum atomic E-state index is 12.4. The van der Waals surface area contributed by atoms with Crippen molar-refractivity contribution in [3.63, 3.8) is 0 Å². The number of carbonyl (C=O) groups excluding carboxylic acids is 1. The Morgan fingerprint density at radius 2 is 2.14 bits per heavy atom. The topological polar surface area (TPSA) is 79.7 Å². The molecule has 21 heavy (non-hydrogen) atoms. The number of ether oxygens (including phenoxy) is 1. The van der Waals surface area contributed by atoms with E-state index in [9.17, 15) is 14.7 Å². The summed E-state index contributed by atoms with van der Waals surface area (Å²) in [4.78, 5) is 29.6. The second kappa shape index (κ2) is 5.71. The van der Waals surface area contributed by atoms with Crippen LogP contribution in [0.1, 0.15) is 30.6 Å². The monoisotopic (exact) mass is 292 g/mol. The van der Waals surface area contributed by atoms with Crippen LogP contribution in [0.3, 0.4) is 0 Å². The normalized spacial score (nSPS) is 21.6. The molecule has 114 valence electrons. The predicted molar refractivity (Wildman–Crippen MR) is 76.2 cm³/mol. The summed E-state index contributed by atoms with van der Waals surface area (Å²) < 4.78 is 4.96. The number of aromatic nitrogens is 1. The van der Waals surface area contributed by atoms with Crippen LogP contribution in [0.25, 0.3) is 0 Å². The van der Waals surface area contributed by atoms with E-state index in [4.69, 9.17) is 4.74 Å². The van der Waals surface area contributed by atoms with Gasteiger partial charge < -0.3 is 14.7 Å². The van der Waals surface area contributed by atoms with Crippen LogP contribution in [0, 0.1) is 11.3 Å². The fourth-order valence-corrected chi connectivity index (χ4v) is 2.71. The number of carboxylic acid groups (broad SMARTS) is 1. The highest BCUT2D eigenvalue weighted by Gasteiger charge is 2.48. The third-order valence-corrected chi connectivity index (χ3v) is 4.31. The molecule has 6 nitrogen and oxygen atoms in total. The molecule has 1 atom stereocenters. The minimum atomic E-state index is -0.852.